The predicted octanol–water partition coefficient (Wildman–Crippen LogP) is 22.4. The van der Waals surface area contributed by atoms with Crippen molar-refractivity contribution < 1.29 is 11.0 Å². The fraction of sp³-hybridized carbons (Fsp3) is 0.182. The number of anilines is 6. The minimum absolute atomic E-state index is 0.0214. The van der Waals surface area contributed by atoms with E-state index >= 15 is 0 Å². The lowest BCUT2D eigenvalue weighted by Gasteiger charge is -2.46. The summed E-state index contributed by atoms with van der Waals surface area (Å²) >= 11 is 0. The molecule has 0 aliphatic carbocycles. The number of nitrogens with zero attached hydrogens (tertiary/aromatic N) is 3. The molecule has 0 radical (unpaired) electrons. The molecule has 0 spiro atoms. The van der Waals surface area contributed by atoms with Gasteiger partial charge in [-0.1, -0.05) is 283 Å². The van der Waals surface area contributed by atoms with E-state index in [4.69, 9.17) is 2.74 Å². The van der Waals surface area contributed by atoms with Gasteiger partial charge in [0, 0.05) is 61.5 Å². The van der Waals surface area contributed by atoms with E-state index in [1.807, 2.05) is 6.07 Å². The van der Waals surface area contributed by atoms with Crippen LogP contribution in [0.5, 0.6) is 0 Å². The van der Waals surface area contributed by atoms with Crippen LogP contribution in [0.25, 0.3) is 83.1 Å². The van der Waals surface area contributed by atoms with Crippen molar-refractivity contribution in [2.24, 2.45) is 0 Å². The summed E-state index contributed by atoms with van der Waals surface area (Å²) in [5, 5.41) is 0.0428. The highest BCUT2D eigenvalue weighted by molar-refractivity contribution is 7.00. The van der Waals surface area contributed by atoms with E-state index in [-0.39, 0.29) is 67.6 Å². The molecule has 13 aromatic rings. The van der Waals surface area contributed by atoms with E-state index < -0.39 is 30.9 Å². The summed E-state index contributed by atoms with van der Waals surface area (Å²) in [6, 6.07) is 76.1. The Labute approximate surface area is 556 Å². The summed E-state index contributed by atoms with van der Waals surface area (Å²) in [4.78, 5) is 4.99. The lowest BCUT2D eigenvalue weighted by molar-refractivity contribution is 0.569. The number of para-hydroxylation sites is 2. The molecule has 0 saturated carbocycles. The zero-order chi connectivity index (χ0) is 70.5. The monoisotopic (exact) mass is 1200 g/mol. The maximum atomic E-state index is 9.74. The van der Waals surface area contributed by atoms with Gasteiger partial charge in [0.25, 0.3) is 6.71 Å². The van der Waals surface area contributed by atoms with Gasteiger partial charge in [0.1, 0.15) is 0 Å². The molecule has 0 atom stereocenters. The van der Waals surface area contributed by atoms with Crippen molar-refractivity contribution in [1.29, 1.82) is 0 Å². The van der Waals surface area contributed by atoms with Crippen LogP contribution >= 0.6 is 0 Å². The standard InChI is InChI=1S/C88H80BN3/c1-85(2,3)63-48-62(49-64(51-63)86(4,5)6)61-44-46-74-80(50-61)91(83-70(57-30-17-13-18-31-57)52-65(87(7,8)9)53-71(83)58-32-19-14-20-33-58)78-42-29-43-79-82(78)89(74)75-47-45-67(90-76-40-27-25-38-68(76)69-39-26-28-41-77(69)90)56-81(75)92(79)84-72(59-34-21-15-22-35-59)54-66(88(10,11)12)55-73(84)60-36-23-16-24-37-60/h13-56H,1-12H3/i25D,26D,27D,28D,38D,39D,40D,41D. The van der Waals surface area contributed by atoms with E-state index in [9.17, 15) is 8.22 Å². The lowest BCUT2D eigenvalue weighted by atomic mass is 9.33. The van der Waals surface area contributed by atoms with Crippen molar-refractivity contribution in [2.75, 3.05) is 9.80 Å². The van der Waals surface area contributed by atoms with Crippen molar-refractivity contribution in [1.82, 2.24) is 4.57 Å². The van der Waals surface area contributed by atoms with Gasteiger partial charge in [-0.2, -0.15) is 0 Å². The van der Waals surface area contributed by atoms with Gasteiger partial charge in [0.15, 0.2) is 0 Å². The van der Waals surface area contributed by atoms with Gasteiger partial charge in [0.05, 0.1) is 33.4 Å². The molecule has 0 unspecified atom stereocenters. The fourth-order valence-electron chi connectivity index (χ4n) is 14.0. The first-order valence-corrected chi connectivity index (χ1v) is 32.3. The molecule has 12 aromatic carbocycles. The average Bonchev–Trinajstić information content (AvgIpc) is 1.23. The molecule has 0 N–H and O–H groups in total. The average molecular weight is 1200 g/mol. The largest absolute Gasteiger partial charge is 0.310 e. The summed E-state index contributed by atoms with van der Waals surface area (Å²) in [5.41, 5.74) is 23.8. The van der Waals surface area contributed by atoms with Gasteiger partial charge in [-0.3, -0.25) is 0 Å². The van der Waals surface area contributed by atoms with Crippen molar-refractivity contribution in [2.45, 2.75) is 105 Å². The summed E-state index contributed by atoms with van der Waals surface area (Å²) in [7, 11) is 0. The van der Waals surface area contributed by atoms with E-state index in [0.717, 1.165) is 112 Å². The van der Waals surface area contributed by atoms with Crippen LogP contribution in [0.4, 0.5) is 34.1 Å². The minimum Gasteiger partial charge on any atom is -0.310 e. The van der Waals surface area contributed by atoms with E-state index in [0.29, 0.717) is 5.69 Å². The quantitative estimate of drug-likeness (QED) is 0.141. The highest BCUT2D eigenvalue weighted by Crippen LogP contribution is 2.55. The summed E-state index contributed by atoms with van der Waals surface area (Å²) in [6.45, 7) is 26.9. The molecular weight excluding hydrogens is 1110 g/mol. The van der Waals surface area contributed by atoms with Crippen LogP contribution in [0, 0.1) is 0 Å². The van der Waals surface area contributed by atoms with E-state index in [1.54, 1.807) is 4.57 Å². The number of aromatic nitrogens is 1. The van der Waals surface area contributed by atoms with Crippen LogP contribution in [0.1, 0.15) is 116 Å². The normalized spacial score (nSPS) is 14.4. The van der Waals surface area contributed by atoms with Crippen LogP contribution in [0.3, 0.4) is 0 Å². The molecule has 15 rings (SSSR count). The second-order valence-corrected chi connectivity index (χ2v) is 29.2. The number of fused-ring (bicyclic) bond motifs is 7. The van der Waals surface area contributed by atoms with E-state index in [2.05, 4.69) is 305 Å². The molecule has 450 valence electrons. The molecule has 2 aliphatic rings. The Balaban J connectivity index is 1.14. The lowest BCUT2D eigenvalue weighted by Crippen LogP contribution is -2.61. The molecule has 4 heteroatoms. The number of rotatable bonds is 8. The molecule has 0 amide bonds. The number of benzene rings is 12. The highest BCUT2D eigenvalue weighted by Gasteiger charge is 2.46. The zero-order valence-corrected chi connectivity index (χ0v) is 54.7. The molecule has 3 nitrogen and oxygen atoms in total. The second-order valence-electron chi connectivity index (χ2n) is 29.2. The molecular formula is C88H80BN3. The van der Waals surface area contributed by atoms with Gasteiger partial charge < -0.3 is 14.4 Å². The van der Waals surface area contributed by atoms with Gasteiger partial charge in [0.2, 0.25) is 0 Å². The SMILES string of the molecule is [2H]c1c([2H])c([2H])c2c(c1[2H])c1c([2H])c([2H])c([2H])c([2H])c1n2-c1ccc2c(c1)N(c1c(-c3ccccc3)cc(C(C)(C)C)cc1-c1ccccc1)c1cccc3c1B2c1ccc(-c2cc(C(C)(C)C)cc(C(C)(C)C)c2)cc1N3c1c(-c2ccccc2)cc(C(C)(C)C)cc1-c1ccccc1. The molecule has 2 aliphatic heterocycles. The topological polar surface area (TPSA) is 11.4 Å². The summed E-state index contributed by atoms with van der Waals surface area (Å²) in [5.74, 6) is 0. The van der Waals surface area contributed by atoms with Crippen LogP contribution in [0.2, 0.25) is 0 Å². The number of hydrogen-bond donors (Lipinski definition) is 0. The highest BCUT2D eigenvalue weighted by atomic mass is 15.2. The van der Waals surface area contributed by atoms with Gasteiger partial charge in [-0.05, 0) is 160 Å². The Hall–Kier alpha value is -9.90. The molecule has 0 bridgehead atoms. The first-order chi connectivity index (χ1) is 47.5. The number of hydrogen-bond acceptors (Lipinski definition) is 2. The molecule has 0 fully saturated rings. The van der Waals surface area contributed by atoms with Crippen LogP contribution in [-0.4, -0.2) is 11.3 Å². The Morgan fingerprint density at radius 3 is 1.05 bits per heavy atom. The zero-order valence-electron chi connectivity index (χ0n) is 62.7. The smallest absolute Gasteiger partial charge is 0.252 e. The van der Waals surface area contributed by atoms with Crippen molar-refractivity contribution in [3.05, 3.63) is 289 Å². The van der Waals surface area contributed by atoms with Crippen LogP contribution in [-0.2, 0) is 21.7 Å². The van der Waals surface area contributed by atoms with E-state index in [1.165, 1.54) is 16.7 Å². The van der Waals surface area contributed by atoms with Crippen LogP contribution in [0.15, 0.2) is 267 Å². The third-order valence-corrected chi connectivity index (χ3v) is 19.0. The van der Waals surface area contributed by atoms with Gasteiger partial charge >= 0.3 is 0 Å². The Morgan fingerprint density at radius 2 is 0.663 bits per heavy atom. The maximum absolute atomic E-state index is 9.74. The second kappa shape index (κ2) is 21.9. The Kier molecular flexibility index (Phi) is 11.9. The fourth-order valence-corrected chi connectivity index (χ4v) is 14.0. The first kappa shape index (κ1) is 49.8. The maximum Gasteiger partial charge on any atom is 0.252 e. The predicted molar refractivity (Wildman–Crippen MR) is 397 cm³/mol. The summed E-state index contributed by atoms with van der Waals surface area (Å²) < 4.78 is 76.5. The molecule has 92 heavy (non-hydrogen) atoms. The third-order valence-electron chi connectivity index (χ3n) is 19.0. The Morgan fingerprint density at radius 1 is 0.304 bits per heavy atom. The van der Waals surface area contributed by atoms with Gasteiger partial charge in [-0.15, -0.1) is 0 Å². The first-order valence-electron chi connectivity index (χ1n) is 36.3. The van der Waals surface area contributed by atoms with Crippen molar-refractivity contribution in [3.8, 4) is 61.3 Å². The van der Waals surface area contributed by atoms with Gasteiger partial charge in [-0.25, -0.2) is 0 Å². The molecule has 0 saturated heterocycles. The third kappa shape index (κ3) is 9.98. The Bertz CT molecular complexity index is 5280. The minimum atomic E-state index is -0.491. The molecule has 3 heterocycles. The van der Waals surface area contributed by atoms with Crippen LogP contribution < -0.4 is 26.2 Å². The van der Waals surface area contributed by atoms with Crippen molar-refractivity contribution >= 4 is 79.0 Å². The summed E-state index contributed by atoms with van der Waals surface area (Å²) in [6.07, 6.45) is 0. The van der Waals surface area contributed by atoms with Crippen molar-refractivity contribution in [3.63, 3.8) is 0 Å². The molecule has 1 aromatic heterocycles.